The van der Waals surface area contributed by atoms with Gasteiger partial charge in [0.2, 0.25) is 5.91 Å². The Kier molecular flexibility index (Phi) is 43.3. The second-order valence-corrected chi connectivity index (χ2v) is 16.5. The van der Waals surface area contributed by atoms with E-state index in [1.807, 2.05) is 0 Å². The molecule has 0 spiro atoms. The Morgan fingerprint density at radius 3 is 0.882 bits per heavy atom. The first-order chi connectivity index (χ1) is 25.2. The van der Waals surface area contributed by atoms with Crippen LogP contribution in [0.3, 0.4) is 0 Å². The summed E-state index contributed by atoms with van der Waals surface area (Å²) in [5, 5.41) is 23.0. The Labute approximate surface area is 321 Å². The molecule has 1 amide bonds. The Hall–Kier alpha value is -0.610. The van der Waals surface area contributed by atoms with Crippen molar-refractivity contribution in [2.45, 2.75) is 289 Å². The number of hydrogen-bond donors (Lipinski definition) is 3. The Morgan fingerprint density at radius 1 is 0.392 bits per heavy atom. The topological polar surface area (TPSA) is 69.6 Å². The van der Waals surface area contributed by atoms with Crippen molar-refractivity contribution in [1.82, 2.24) is 5.32 Å². The number of aliphatic hydroxyl groups is 2. The quantitative estimate of drug-likeness (QED) is 0.0549. The van der Waals surface area contributed by atoms with Crippen molar-refractivity contribution in [3.63, 3.8) is 0 Å². The fourth-order valence-corrected chi connectivity index (χ4v) is 7.72. The molecule has 0 saturated heterocycles. The average molecular weight is 722 g/mol. The van der Waals surface area contributed by atoms with Crippen molar-refractivity contribution >= 4 is 5.91 Å². The second-order valence-electron chi connectivity index (χ2n) is 16.5. The van der Waals surface area contributed by atoms with Crippen molar-refractivity contribution in [3.8, 4) is 0 Å². The summed E-state index contributed by atoms with van der Waals surface area (Å²) < 4.78 is 0. The van der Waals surface area contributed by atoms with E-state index in [1.165, 1.54) is 225 Å². The van der Waals surface area contributed by atoms with Gasteiger partial charge < -0.3 is 15.5 Å². The SMILES string of the molecule is CCCCCCCCCCCCCCCCCCCCCCCCCCCCCCCCCCCC(O)C(CO)NC(=O)CCCCCCCC. The van der Waals surface area contributed by atoms with Crippen molar-refractivity contribution in [3.05, 3.63) is 0 Å². The molecule has 0 aromatic rings. The molecular formula is C47H95NO3. The average Bonchev–Trinajstić information content (AvgIpc) is 3.13. The molecule has 0 fully saturated rings. The molecule has 0 aliphatic rings. The number of nitrogens with one attached hydrogen (secondary N) is 1. The van der Waals surface area contributed by atoms with E-state index in [2.05, 4.69) is 19.2 Å². The van der Waals surface area contributed by atoms with Crippen LogP contribution in [0.1, 0.15) is 277 Å². The molecule has 0 aromatic heterocycles. The highest BCUT2D eigenvalue weighted by Gasteiger charge is 2.20. The molecule has 3 N–H and O–H groups in total. The van der Waals surface area contributed by atoms with Gasteiger partial charge in [0.1, 0.15) is 0 Å². The van der Waals surface area contributed by atoms with Crippen LogP contribution in [0.25, 0.3) is 0 Å². The zero-order chi connectivity index (χ0) is 37.1. The number of unbranched alkanes of at least 4 members (excludes halogenated alkanes) is 37. The maximum Gasteiger partial charge on any atom is 0.220 e. The molecule has 0 bridgehead atoms. The summed E-state index contributed by atoms with van der Waals surface area (Å²) in [4.78, 5) is 12.2. The van der Waals surface area contributed by atoms with Crippen LogP contribution >= 0.6 is 0 Å². The summed E-state index contributed by atoms with van der Waals surface area (Å²) >= 11 is 0. The lowest BCUT2D eigenvalue weighted by atomic mass is 10.0. The van der Waals surface area contributed by atoms with Crippen molar-refractivity contribution in [2.24, 2.45) is 0 Å². The lowest BCUT2D eigenvalue weighted by molar-refractivity contribution is -0.123. The minimum Gasteiger partial charge on any atom is -0.394 e. The minimum atomic E-state index is -0.651. The second kappa shape index (κ2) is 43.8. The molecule has 2 unspecified atom stereocenters. The van der Waals surface area contributed by atoms with Gasteiger partial charge in [-0.1, -0.05) is 258 Å². The van der Waals surface area contributed by atoms with Gasteiger partial charge >= 0.3 is 0 Å². The van der Waals surface area contributed by atoms with Gasteiger partial charge in [-0.2, -0.15) is 0 Å². The van der Waals surface area contributed by atoms with Crippen LogP contribution < -0.4 is 5.32 Å². The molecule has 0 saturated carbocycles. The summed E-state index contributed by atoms with van der Waals surface area (Å²) in [6.45, 7) is 4.32. The summed E-state index contributed by atoms with van der Waals surface area (Å²) in [5.41, 5.74) is 0. The van der Waals surface area contributed by atoms with Gasteiger partial charge in [0.25, 0.3) is 0 Å². The molecule has 0 aliphatic carbocycles. The first kappa shape index (κ1) is 50.4. The van der Waals surface area contributed by atoms with Crippen LogP contribution in [-0.4, -0.2) is 34.9 Å². The van der Waals surface area contributed by atoms with Gasteiger partial charge in [-0.25, -0.2) is 0 Å². The van der Waals surface area contributed by atoms with Crippen molar-refractivity contribution in [2.75, 3.05) is 6.61 Å². The van der Waals surface area contributed by atoms with Gasteiger partial charge in [0.15, 0.2) is 0 Å². The van der Waals surface area contributed by atoms with Crippen LogP contribution in [0.4, 0.5) is 0 Å². The van der Waals surface area contributed by atoms with Crippen LogP contribution in [0, 0.1) is 0 Å². The van der Waals surface area contributed by atoms with E-state index < -0.39 is 12.1 Å². The summed E-state index contributed by atoms with van der Waals surface area (Å²) in [6.07, 6.45) is 53.9. The smallest absolute Gasteiger partial charge is 0.220 e. The van der Waals surface area contributed by atoms with E-state index in [9.17, 15) is 15.0 Å². The molecule has 0 aliphatic heterocycles. The maximum atomic E-state index is 12.2. The van der Waals surface area contributed by atoms with E-state index in [0.717, 1.165) is 25.7 Å². The highest BCUT2D eigenvalue weighted by Crippen LogP contribution is 2.18. The monoisotopic (exact) mass is 722 g/mol. The molecule has 4 heteroatoms. The van der Waals surface area contributed by atoms with Gasteiger partial charge in [-0.05, 0) is 12.8 Å². The predicted molar refractivity (Wildman–Crippen MR) is 226 cm³/mol. The molecular weight excluding hydrogens is 627 g/mol. The van der Waals surface area contributed by atoms with Crippen LogP contribution in [-0.2, 0) is 4.79 Å². The van der Waals surface area contributed by atoms with E-state index in [4.69, 9.17) is 0 Å². The number of hydrogen-bond acceptors (Lipinski definition) is 3. The molecule has 51 heavy (non-hydrogen) atoms. The van der Waals surface area contributed by atoms with E-state index in [1.54, 1.807) is 0 Å². The Balaban J connectivity index is 3.28. The molecule has 0 heterocycles. The van der Waals surface area contributed by atoms with Crippen molar-refractivity contribution < 1.29 is 15.0 Å². The third kappa shape index (κ3) is 40.4. The number of rotatable bonds is 44. The fourth-order valence-electron chi connectivity index (χ4n) is 7.72. The third-order valence-corrected chi connectivity index (χ3v) is 11.4. The first-order valence-electron chi connectivity index (χ1n) is 23.7. The first-order valence-corrected chi connectivity index (χ1v) is 23.7. The lowest BCUT2D eigenvalue weighted by Gasteiger charge is -2.22. The molecule has 4 nitrogen and oxygen atoms in total. The largest absolute Gasteiger partial charge is 0.394 e. The molecule has 0 rings (SSSR count). The molecule has 306 valence electrons. The van der Waals surface area contributed by atoms with Gasteiger partial charge in [0, 0.05) is 6.42 Å². The highest BCUT2D eigenvalue weighted by molar-refractivity contribution is 5.76. The van der Waals surface area contributed by atoms with Crippen LogP contribution in [0.15, 0.2) is 0 Å². The summed E-state index contributed by atoms with van der Waals surface area (Å²) in [6, 6.07) is -0.527. The zero-order valence-corrected chi connectivity index (χ0v) is 35.2. The number of carbonyl (C=O) groups is 1. The molecule has 0 aromatic carbocycles. The number of amides is 1. The van der Waals surface area contributed by atoms with Gasteiger partial charge in [-0.3, -0.25) is 4.79 Å². The Morgan fingerprint density at radius 2 is 0.627 bits per heavy atom. The lowest BCUT2D eigenvalue weighted by Crippen LogP contribution is -2.45. The zero-order valence-electron chi connectivity index (χ0n) is 35.2. The molecule has 0 radical (unpaired) electrons. The highest BCUT2D eigenvalue weighted by atomic mass is 16.3. The van der Waals surface area contributed by atoms with E-state index in [0.29, 0.717) is 12.8 Å². The minimum absolute atomic E-state index is 0.0373. The van der Waals surface area contributed by atoms with Crippen LogP contribution in [0.5, 0.6) is 0 Å². The number of carbonyl (C=O) groups excluding carboxylic acids is 1. The van der Waals surface area contributed by atoms with E-state index >= 15 is 0 Å². The molecule has 2 atom stereocenters. The fraction of sp³-hybridized carbons (Fsp3) is 0.979. The van der Waals surface area contributed by atoms with Gasteiger partial charge in [0.05, 0.1) is 18.8 Å². The van der Waals surface area contributed by atoms with Crippen LogP contribution in [0.2, 0.25) is 0 Å². The summed E-state index contributed by atoms with van der Waals surface area (Å²) in [5.74, 6) is -0.0373. The van der Waals surface area contributed by atoms with E-state index in [-0.39, 0.29) is 12.5 Å². The summed E-state index contributed by atoms with van der Waals surface area (Å²) in [7, 11) is 0. The standard InChI is InChI=1S/C47H95NO3/c1-3-5-7-9-11-12-13-14-15-16-17-18-19-20-21-22-23-24-25-26-27-28-29-30-31-32-33-34-35-36-37-38-40-42-46(50)45(44-49)48-47(51)43-41-39-10-8-6-4-2/h45-46,49-50H,3-44H2,1-2H3,(H,48,51). The Bertz CT molecular complexity index is 655. The van der Waals surface area contributed by atoms with Gasteiger partial charge in [-0.15, -0.1) is 0 Å². The number of aliphatic hydroxyl groups excluding tert-OH is 2. The predicted octanol–water partition coefficient (Wildman–Crippen LogP) is 14.9. The van der Waals surface area contributed by atoms with Crippen molar-refractivity contribution in [1.29, 1.82) is 0 Å². The maximum absolute atomic E-state index is 12.2. The third-order valence-electron chi connectivity index (χ3n) is 11.4. The normalized spacial score (nSPS) is 12.8.